The molecular formula is C7H12O5S. The molecule has 0 aromatic heterocycles. The highest BCUT2D eigenvalue weighted by molar-refractivity contribution is 7.85. The van der Waals surface area contributed by atoms with Crippen molar-refractivity contribution < 1.29 is 22.1 Å². The molecule has 0 aliphatic carbocycles. The van der Waals surface area contributed by atoms with E-state index in [0.29, 0.717) is 0 Å². The number of esters is 1. The van der Waals surface area contributed by atoms with E-state index in [0.717, 1.165) is 6.26 Å². The SMILES string of the molecule is C=C(C)C(=O)OCCOS(C)(=O)=O. The summed E-state index contributed by atoms with van der Waals surface area (Å²) in [6, 6.07) is 0. The molecule has 0 bridgehead atoms. The fraction of sp³-hybridized carbons (Fsp3) is 0.571. The standard InChI is InChI=1S/C7H12O5S/c1-6(2)7(8)11-4-5-12-13(3,9)10/h1,4-5H2,2-3H3. The zero-order chi connectivity index (χ0) is 10.5. The molecule has 0 atom stereocenters. The molecule has 0 aliphatic rings. The summed E-state index contributed by atoms with van der Waals surface area (Å²) < 4.78 is 29.8. The quantitative estimate of drug-likeness (QED) is 0.277. The molecule has 0 aliphatic heterocycles. The third-order valence-corrected chi connectivity index (χ3v) is 1.56. The molecule has 0 rings (SSSR count). The van der Waals surface area contributed by atoms with Gasteiger partial charge < -0.3 is 4.74 Å². The predicted molar refractivity (Wildman–Crippen MR) is 46.6 cm³/mol. The molecule has 0 fully saturated rings. The molecule has 0 spiro atoms. The summed E-state index contributed by atoms with van der Waals surface area (Å²) in [6.07, 6.45) is 0.924. The molecule has 0 aromatic rings. The van der Waals surface area contributed by atoms with Crippen molar-refractivity contribution >= 4 is 16.1 Å². The van der Waals surface area contributed by atoms with Crippen molar-refractivity contribution in [1.29, 1.82) is 0 Å². The van der Waals surface area contributed by atoms with Crippen LogP contribution in [0.15, 0.2) is 12.2 Å². The summed E-state index contributed by atoms with van der Waals surface area (Å²) in [4.78, 5) is 10.7. The van der Waals surface area contributed by atoms with Crippen molar-refractivity contribution in [2.24, 2.45) is 0 Å². The van der Waals surface area contributed by atoms with Crippen molar-refractivity contribution in [3.05, 3.63) is 12.2 Å². The summed E-state index contributed by atoms with van der Waals surface area (Å²) in [5, 5.41) is 0. The van der Waals surface area contributed by atoms with Gasteiger partial charge >= 0.3 is 5.97 Å². The Balaban J connectivity index is 3.59. The van der Waals surface area contributed by atoms with Crippen molar-refractivity contribution in [2.75, 3.05) is 19.5 Å². The van der Waals surface area contributed by atoms with Crippen LogP contribution in [0.1, 0.15) is 6.92 Å². The molecule has 0 saturated carbocycles. The first-order chi connectivity index (χ1) is 5.83. The van der Waals surface area contributed by atoms with Gasteiger partial charge in [-0.3, -0.25) is 4.18 Å². The van der Waals surface area contributed by atoms with E-state index >= 15 is 0 Å². The molecule has 0 amide bonds. The largest absolute Gasteiger partial charge is 0.460 e. The monoisotopic (exact) mass is 208 g/mol. The summed E-state index contributed by atoms with van der Waals surface area (Å²) >= 11 is 0. The third kappa shape index (κ3) is 7.48. The first kappa shape index (κ1) is 12.1. The normalized spacial score (nSPS) is 10.9. The third-order valence-electron chi connectivity index (χ3n) is 0.962. The number of hydrogen-bond donors (Lipinski definition) is 0. The van der Waals surface area contributed by atoms with Crippen LogP contribution >= 0.6 is 0 Å². The van der Waals surface area contributed by atoms with Crippen LogP contribution in [-0.4, -0.2) is 33.9 Å². The van der Waals surface area contributed by atoms with Crippen LogP contribution in [0, 0.1) is 0 Å². The molecule has 0 saturated heterocycles. The maximum atomic E-state index is 10.7. The second-order valence-corrected chi connectivity index (χ2v) is 4.09. The molecule has 5 nitrogen and oxygen atoms in total. The lowest BCUT2D eigenvalue weighted by Gasteiger charge is -2.03. The predicted octanol–water partition coefficient (Wildman–Crippen LogP) is 0.0819. The Morgan fingerprint density at radius 1 is 1.38 bits per heavy atom. The molecular weight excluding hydrogens is 196 g/mol. The molecule has 0 aromatic carbocycles. The summed E-state index contributed by atoms with van der Waals surface area (Å²) in [7, 11) is -3.46. The van der Waals surface area contributed by atoms with E-state index in [1.807, 2.05) is 0 Å². The maximum Gasteiger partial charge on any atom is 0.333 e. The van der Waals surface area contributed by atoms with Gasteiger partial charge in [-0.05, 0) is 6.92 Å². The first-order valence-corrected chi connectivity index (χ1v) is 5.31. The first-order valence-electron chi connectivity index (χ1n) is 3.50. The minimum absolute atomic E-state index is 0.0984. The Hall–Kier alpha value is -0.880. The minimum Gasteiger partial charge on any atom is -0.460 e. The van der Waals surface area contributed by atoms with Crippen molar-refractivity contribution in [3.63, 3.8) is 0 Å². The lowest BCUT2D eigenvalue weighted by molar-refractivity contribution is -0.139. The zero-order valence-electron chi connectivity index (χ0n) is 7.57. The molecule has 13 heavy (non-hydrogen) atoms. The summed E-state index contributed by atoms with van der Waals surface area (Å²) in [5.74, 6) is -0.558. The van der Waals surface area contributed by atoms with Gasteiger partial charge in [-0.2, -0.15) is 8.42 Å². The van der Waals surface area contributed by atoms with Crippen LogP contribution in [-0.2, 0) is 23.8 Å². The summed E-state index contributed by atoms with van der Waals surface area (Å²) in [5.41, 5.74) is 0.263. The van der Waals surface area contributed by atoms with Crippen molar-refractivity contribution in [1.82, 2.24) is 0 Å². The molecule has 6 heteroatoms. The topological polar surface area (TPSA) is 69.7 Å². The Labute approximate surface area is 77.5 Å². The van der Waals surface area contributed by atoms with E-state index in [-0.39, 0.29) is 18.8 Å². The van der Waals surface area contributed by atoms with Gasteiger partial charge in [0.05, 0.1) is 6.26 Å². The van der Waals surface area contributed by atoms with Crippen LogP contribution in [0.2, 0.25) is 0 Å². The van der Waals surface area contributed by atoms with Gasteiger partial charge in [0.2, 0.25) is 0 Å². The molecule has 0 heterocycles. The Kier molecular flexibility index (Phi) is 4.64. The highest BCUT2D eigenvalue weighted by Crippen LogP contribution is 1.92. The average molecular weight is 208 g/mol. The maximum absolute atomic E-state index is 10.7. The lowest BCUT2D eigenvalue weighted by Crippen LogP contribution is -2.13. The Morgan fingerprint density at radius 2 is 1.92 bits per heavy atom. The minimum atomic E-state index is -3.46. The second-order valence-electron chi connectivity index (χ2n) is 2.44. The zero-order valence-corrected chi connectivity index (χ0v) is 8.39. The van der Waals surface area contributed by atoms with Crippen LogP contribution in [0.25, 0.3) is 0 Å². The van der Waals surface area contributed by atoms with Gasteiger partial charge in [-0.25, -0.2) is 4.79 Å². The molecule has 0 radical (unpaired) electrons. The van der Waals surface area contributed by atoms with Crippen LogP contribution in [0.4, 0.5) is 0 Å². The van der Waals surface area contributed by atoms with E-state index in [4.69, 9.17) is 0 Å². The smallest absolute Gasteiger partial charge is 0.333 e. The summed E-state index contributed by atoms with van der Waals surface area (Å²) in [6.45, 7) is 4.58. The van der Waals surface area contributed by atoms with E-state index in [2.05, 4.69) is 15.5 Å². The van der Waals surface area contributed by atoms with Crippen molar-refractivity contribution in [3.8, 4) is 0 Å². The number of rotatable bonds is 5. The molecule has 0 unspecified atom stereocenters. The molecule has 0 N–H and O–H groups in total. The van der Waals surface area contributed by atoms with Gasteiger partial charge in [-0.15, -0.1) is 0 Å². The van der Waals surface area contributed by atoms with Gasteiger partial charge in [0.25, 0.3) is 10.1 Å². The fourth-order valence-corrected chi connectivity index (χ4v) is 0.814. The lowest BCUT2D eigenvalue weighted by atomic mass is 10.4. The Morgan fingerprint density at radius 3 is 2.31 bits per heavy atom. The second kappa shape index (κ2) is 4.98. The van der Waals surface area contributed by atoms with E-state index < -0.39 is 16.1 Å². The number of ether oxygens (including phenoxy) is 1. The van der Waals surface area contributed by atoms with Crippen molar-refractivity contribution in [2.45, 2.75) is 6.92 Å². The van der Waals surface area contributed by atoms with Gasteiger partial charge in [0, 0.05) is 5.57 Å². The number of hydrogen-bond acceptors (Lipinski definition) is 5. The van der Waals surface area contributed by atoms with E-state index in [1.165, 1.54) is 6.92 Å². The fourth-order valence-electron chi connectivity index (χ4n) is 0.443. The van der Waals surface area contributed by atoms with Crippen LogP contribution in [0.5, 0.6) is 0 Å². The van der Waals surface area contributed by atoms with Crippen LogP contribution < -0.4 is 0 Å². The average Bonchev–Trinajstić information content (AvgIpc) is 1.95. The highest BCUT2D eigenvalue weighted by Gasteiger charge is 2.04. The highest BCUT2D eigenvalue weighted by atomic mass is 32.2. The number of carbonyl (C=O) groups excluding carboxylic acids is 1. The Bertz CT molecular complexity index is 290. The van der Waals surface area contributed by atoms with Gasteiger partial charge in [0.1, 0.15) is 13.2 Å². The van der Waals surface area contributed by atoms with Gasteiger partial charge in [-0.1, -0.05) is 6.58 Å². The van der Waals surface area contributed by atoms with E-state index in [9.17, 15) is 13.2 Å². The van der Waals surface area contributed by atoms with Gasteiger partial charge in [0.15, 0.2) is 0 Å². The molecule has 76 valence electrons. The number of carbonyl (C=O) groups is 1. The van der Waals surface area contributed by atoms with E-state index in [1.54, 1.807) is 0 Å². The van der Waals surface area contributed by atoms with Crippen LogP contribution in [0.3, 0.4) is 0 Å².